The number of nitrogens with zero attached hydrogens (tertiary/aromatic N) is 4. The Labute approximate surface area is 190 Å². The average molecular weight is 484 g/mol. The highest BCUT2D eigenvalue weighted by molar-refractivity contribution is 9.10. The first-order valence-electron chi connectivity index (χ1n) is 10.9. The van der Waals surface area contributed by atoms with E-state index in [1.54, 1.807) is 12.4 Å². The van der Waals surface area contributed by atoms with Crippen LogP contribution >= 0.6 is 15.9 Å². The predicted molar refractivity (Wildman–Crippen MR) is 125 cm³/mol. The molecule has 1 aliphatic carbocycles. The fourth-order valence-electron chi connectivity index (χ4n) is 4.30. The van der Waals surface area contributed by atoms with Gasteiger partial charge in [-0.05, 0) is 59.8 Å². The molecule has 8 heteroatoms. The Morgan fingerprint density at radius 1 is 1.00 bits per heavy atom. The molecule has 1 aliphatic heterocycles. The number of halogens is 1. The maximum atomic E-state index is 6.50. The molecule has 5 rings (SSSR count). The molecule has 31 heavy (non-hydrogen) atoms. The number of nitrogens with one attached hydrogen (secondary N) is 1. The second kappa shape index (κ2) is 9.36. The molecule has 0 atom stereocenters. The van der Waals surface area contributed by atoms with E-state index in [9.17, 15) is 0 Å². The highest BCUT2D eigenvalue weighted by Crippen LogP contribution is 2.33. The van der Waals surface area contributed by atoms with Crippen LogP contribution in [0.1, 0.15) is 25.7 Å². The summed E-state index contributed by atoms with van der Waals surface area (Å²) in [5, 5.41) is 3.55. The number of pyridine rings is 1. The number of aromatic nitrogens is 3. The van der Waals surface area contributed by atoms with Crippen molar-refractivity contribution in [3.05, 3.63) is 47.3 Å². The van der Waals surface area contributed by atoms with Crippen LogP contribution < -0.4 is 15.0 Å². The molecule has 0 bridgehead atoms. The quantitative estimate of drug-likeness (QED) is 0.575. The number of morpholine rings is 1. The van der Waals surface area contributed by atoms with E-state index < -0.39 is 0 Å². The second-order valence-electron chi connectivity index (χ2n) is 8.06. The summed E-state index contributed by atoms with van der Waals surface area (Å²) in [7, 11) is 0. The summed E-state index contributed by atoms with van der Waals surface area (Å²) in [6.07, 6.45) is 9.57. The van der Waals surface area contributed by atoms with Crippen LogP contribution in [0.15, 0.2) is 47.3 Å². The molecule has 0 unspecified atom stereocenters. The molecule has 1 saturated carbocycles. The smallest absolute Gasteiger partial charge is 0.149 e. The first kappa shape index (κ1) is 20.5. The van der Waals surface area contributed by atoms with Crippen LogP contribution in [0.25, 0.3) is 11.0 Å². The molecule has 2 aliphatic rings. The van der Waals surface area contributed by atoms with Crippen molar-refractivity contribution in [1.82, 2.24) is 15.0 Å². The largest absolute Gasteiger partial charge is 0.488 e. The fraction of sp³-hybridized carbons (Fsp3) is 0.435. The molecule has 3 aromatic rings. The highest BCUT2D eigenvalue weighted by atomic mass is 79.9. The lowest BCUT2D eigenvalue weighted by Crippen LogP contribution is -2.36. The van der Waals surface area contributed by atoms with Crippen LogP contribution in [-0.4, -0.2) is 53.4 Å². The van der Waals surface area contributed by atoms with Crippen LogP contribution in [0.3, 0.4) is 0 Å². The van der Waals surface area contributed by atoms with E-state index in [2.05, 4.69) is 53.2 Å². The monoisotopic (exact) mass is 483 g/mol. The van der Waals surface area contributed by atoms with Gasteiger partial charge >= 0.3 is 0 Å². The second-order valence-corrected chi connectivity index (χ2v) is 8.98. The third-order valence-corrected chi connectivity index (χ3v) is 6.42. The Morgan fingerprint density at radius 3 is 2.58 bits per heavy atom. The fourth-order valence-corrected chi connectivity index (χ4v) is 4.53. The predicted octanol–water partition coefficient (Wildman–Crippen LogP) is 4.43. The van der Waals surface area contributed by atoms with Crippen LogP contribution in [0.4, 0.5) is 11.5 Å². The zero-order valence-corrected chi connectivity index (χ0v) is 18.9. The van der Waals surface area contributed by atoms with Crippen LogP contribution in [0, 0.1) is 0 Å². The van der Waals surface area contributed by atoms with Crippen molar-refractivity contribution in [2.45, 2.75) is 37.8 Å². The van der Waals surface area contributed by atoms with Gasteiger partial charge < -0.3 is 19.7 Å². The SMILES string of the molecule is Brc1ccc(N[C@H]2CC[C@@H](Oc3cc(N4CCOCC4)cc4nccnc34)CC2)nc1. The van der Waals surface area contributed by atoms with Crippen molar-refractivity contribution in [2.75, 3.05) is 36.5 Å². The minimum atomic E-state index is 0.182. The van der Waals surface area contributed by atoms with Crippen molar-refractivity contribution in [3.63, 3.8) is 0 Å². The van der Waals surface area contributed by atoms with Gasteiger partial charge in [0.25, 0.3) is 0 Å². The minimum absolute atomic E-state index is 0.182. The summed E-state index contributed by atoms with van der Waals surface area (Å²) in [6, 6.07) is 8.67. The summed E-state index contributed by atoms with van der Waals surface area (Å²) in [5.41, 5.74) is 2.83. The van der Waals surface area contributed by atoms with Crippen molar-refractivity contribution < 1.29 is 9.47 Å². The molecule has 2 aromatic heterocycles. The van der Waals surface area contributed by atoms with E-state index in [0.29, 0.717) is 6.04 Å². The zero-order chi connectivity index (χ0) is 21.0. The number of hydrogen-bond acceptors (Lipinski definition) is 7. The maximum absolute atomic E-state index is 6.50. The molecular formula is C23H26BrN5O2. The summed E-state index contributed by atoms with van der Waals surface area (Å²) in [6.45, 7) is 3.26. The summed E-state index contributed by atoms with van der Waals surface area (Å²) < 4.78 is 13.0. The topological polar surface area (TPSA) is 72.4 Å². The van der Waals surface area contributed by atoms with E-state index in [-0.39, 0.29) is 6.10 Å². The van der Waals surface area contributed by atoms with Gasteiger partial charge in [-0.2, -0.15) is 0 Å². The summed E-state index contributed by atoms with van der Waals surface area (Å²) in [4.78, 5) is 15.8. The van der Waals surface area contributed by atoms with Gasteiger partial charge in [0.2, 0.25) is 0 Å². The van der Waals surface area contributed by atoms with E-state index in [4.69, 9.17) is 9.47 Å². The Balaban J connectivity index is 1.27. The number of benzene rings is 1. The molecule has 0 spiro atoms. The Kier molecular flexibility index (Phi) is 6.18. The van der Waals surface area contributed by atoms with Crippen LogP contribution in [0.5, 0.6) is 5.75 Å². The van der Waals surface area contributed by atoms with Gasteiger partial charge in [0, 0.05) is 53.9 Å². The number of hydrogen-bond donors (Lipinski definition) is 1. The van der Waals surface area contributed by atoms with Gasteiger partial charge in [0.1, 0.15) is 17.1 Å². The lowest BCUT2D eigenvalue weighted by Gasteiger charge is -2.31. The third-order valence-electron chi connectivity index (χ3n) is 5.95. The van der Waals surface area contributed by atoms with E-state index in [0.717, 1.165) is 84.7 Å². The van der Waals surface area contributed by atoms with E-state index in [1.165, 1.54) is 0 Å². The van der Waals surface area contributed by atoms with Crippen LogP contribution in [-0.2, 0) is 4.74 Å². The molecule has 3 heterocycles. The normalized spacial score (nSPS) is 21.8. The average Bonchev–Trinajstić information content (AvgIpc) is 2.82. The standard InChI is InChI=1S/C23H26BrN5O2/c24-16-1-6-22(27-15-16)28-17-2-4-19(5-3-17)31-21-14-18(29-9-11-30-12-10-29)13-20-23(21)26-8-7-25-20/h1,6-8,13-15,17,19H,2-5,9-12H2,(H,27,28)/t17-,19+. The van der Waals surface area contributed by atoms with E-state index >= 15 is 0 Å². The van der Waals surface area contributed by atoms with Gasteiger partial charge in [-0.15, -0.1) is 0 Å². The molecule has 1 saturated heterocycles. The first-order chi connectivity index (χ1) is 15.2. The van der Waals surface area contributed by atoms with Crippen molar-refractivity contribution in [1.29, 1.82) is 0 Å². The van der Waals surface area contributed by atoms with Gasteiger partial charge in [-0.25, -0.2) is 9.97 Å². The number of rotatable bonds is 5. The van der Waals surface area contributed by atoms with E-state index in [1.807, 2.05) is 18.3 Å². The maximum Gasteiger partial charge on any atom is 0.149 e. The van der Waals surface area contributed by atoms with Crippen molar-refractivity contribution in [2.24, 2.45) is 0 Å². The third kappa shape index (κ3) is 4.91. The first-order valence-corrected chi connectivity index (χ1v) is 11.7. The lowest BCUT2D eigenvalue weighted by molar-refractivity contribution is 0.122. The van der Waals surface area contributed by atoms with Crippen molar-refractivity contribution in [3.8, 4) is 5.75 Å². The Bertz CT molecular complexity index is 1020. The zero-order valence-electron chi connectivity index (χ0n) is 17.3. The molecular weight excluding hydrogens is 458 g/mol. The molecule has 2 fully saturated rings. The minimum Gasteiger partial charge on any atom is -0.488 e. The van der Waals surface area contributed by atoms with Crippen LogP contribution in [0.2, 0.25) is 0 Å². The van der Waals surface area contributed by atoms with Gasteiger partial charge in [-0.1, -0.05) is 0 Å². The number of ether oxygens (including phenoxy) is 2. The van der Waals surface area contributed by atoms with Crippen molar-refractivity contribution >= 4 is 38.5 Å². The highest BCUT2D eigenvalue weighted by Gasteiger charge is 2.24. The molecule has 0 amide bonds. The molecule has 1 N–H and O–H groups in total. The van der Waals surface area contributed by atoms with Gasteiger partial charge in [0.15, 0.2) is 0 Å². The Morgan fingerprint density at radius 2 is 1.81 bits per heavy atom. The van der Waals surface area contributed by atoms with Gasteiger partial charge in [0.05, 0.1) is 24.8 Å². The molecule has 7 nitrogen and oxygen atoms in total. The molecule has 162 valence electrons. The summed E-state index contributed by atoms with van der Waals surface area (Å²) in [5.74, 6) is 1.75. The Hall–Kier alpha value is -2.45. The summed E-state index contributed by atoms with van der Waals surface area (Å²) >= 11 is 3.43. The van der Waals surface area contributed by atoms with Gasteiger partial charge in [-0.3, -0.25) is 4.98 Å². The number of fused-ring (bicyclic) bond motifs is 1. The molecule has 0 radical (unpaired) electrons. The number of anilines is 2. The molecule has 1 aromatic carbocycles. The lowest BCUT2D eigenvalue weighted by atomic mass is 9.93.